The zero-order chi connectivity index (χ0) is 18.6. The van der Waals surface area contributed by atoms with Crippen LogP contribution in [0, 0.1) is 11.3 Å². The first-order valence-corrected chi connectivity index (χ1v) is 9.73. The Balaban J connectivity index is 1.74. The summed E-state index contributed by atoms with van der Waals surface area (Å²) in [6, 6.07) is 21.8. The van der Waals surface area contributed by atoms with Crippen molar-refractivity contribution in [1.82, 2.24) is 0 Å². The van der Waals surface area contributed by atoms with Crippen molar-refractivity contribution >= 4 is 34.4 Å². The Hall–Kier alpha value is -3.16. The van der Waals surface area contributed by atoms with Crippen LogP contribution in [0.15, 0.2) is 60.7 Å². The molecule has 0 fully saturated rings. The van der Waals surface area contributed by atoms with E-state index < -0.39 is 5.92 Å². The SMILES string of the molecule is N#Cc1c(NC(=O)C(c2ccccc2)c2ccccc2)sc2c1=CCCC=2. The summed E-state index contributed by atoms with van der Waals surface area (Å²) in [6.07, 6.45) is 6.14. The largest absolute Gasteiger partial charge is 0.316 e. The Bertz CT molecular complexity index is 1090. The van der Waals surface area contributed by atoms with E-state index in [0.29, 0.717) is 10.6 Å². The minimum atomic E-state index is -0.425. The van der Waals surface area contributed by atoms with Crippen molar-refractivity contribution < 1.29 is 4.79 Å². The summed E-state index contributed by atoms with van der Waals surface area (Å²) in [7, 11) is 0. The van der Waals surface area contributed by atoms with Crippen LogP contribution >= 0.6 is 11.3 Å². The lowest BCUT2D eigenvalue weighted by atomic mass is 9.90. The van der Waals surface area contributed by atoms with Crippen molar-refractivity contribution in [3.8, 4) is 6.07 Å². The lowest BCUT2D eigenvalue weighted by molar-refractivity contribution is -0.116. The van der Waals surface area contributed by atoms with Crippen molar-refractivity contribution in [3.05, 3.63) is 87.1 Å². The molecule has 0 radical (unpaired) electrons. The van der Waals surface area contributed by atoms with E-state index in [9.17, 15) is 10.1 Å². The van der Waals surface area contributed by atoms with E-state index in [-0.39, 0.29) is 5.91 Å². The normalized spacial score (nSPS) is 12.4. The highest BCUT2D eigenvalue weighted by Gasteiger charge is 2.24. The summed E-state index contributed by atoms with van der Waals surface area (Å²) in [5, 5.41) is 14.2. The molecule has 3 aromatic rings. The van der Waals surface area contributed by atoms with Crippen molar-refractivity contribution in [3.63, 3.8) is 0 Å². The van der Waals surface area contributed by atoms with Crippen LogP contribution < -0.4 is 15.1 Å². The Kier molecular flexibility index (Phi) is 4.86. The standard InChI is InChI=1S/C23H18N2OS/c24-15-19-18-13-7-8-14-20(18)27-23(19)25-22(26)21(16-9-3-1-4-10-16)17-11-5-2-6-12-17/h1-6,9-14,21H,7-8H2,(H,25,26). The molecule has 1 N–H and O–H groups in total. The molecule has 132 valence electrons. The Morgan fingerprint density at radius 1 is 0.963 bits per heavy atom. The molecular weight excluding hydrogens is 352 g/mol. The van der Waals surface area contributed by atoms with Crippen molar-refractivity contribution in [2.24, 2.45) is 0 Å². The second-order valence-corrected chi connectivity index (χ2v) is 7.48. The third kappa shape index (κ3) is 3.42. The zero-order valence-corrected chi connectivity index (χ0v) is 15.5. The Morgan fingerprint density at radius 3 is 2.15 bits per heavy atom. The number of carbonyl (C=O) groups is 1. The van der Waals surface area contributed by atoms with Gasteiger partial charge in [0.2, 0.25) is 5.91 Å². The number of nitrogens with zero attached hydrogens (tertiary/aromatic N) is 1. The van der Waals surface area contributed by atoms with Crippen LogP contribution in [-0.2, 0) is 4.79 Å². The average molecular weight is 370 g/mol. The maximum absolute atomic E-state index is 13.3. The molecule has 2 aromatic carbocycles. The minimum Gasteiger partial charge on any atom is -0.316 e. The van der Waals surface area contributed by atoms with Crippen LogP contribution in [0.5, 0.6) is 0 Å². The number of carbonyl (C=O) groups excluding carboxylic acids is 1. The Morgan fingerprint density at radius 2 is 1.56 bits per heavy atom. The second-order valence-electron chi connectivity index (χ2n) is 6.43. The number of benzene rings is 2. The van der Waals surface area contributed by atoms with Crippen LogP contribution in [-0.4, -0.2) is 5.91 Å². The topological polar surface area (TPSA) is 52.9 Å². The number of thiophene rings is 1. The van der Waals surface area contributed by atoms with Gasteiger partial charge < -0.3 is 5.32 Å². The molecule has 0 atom stereocenters. The van der Waals surface area contributed by atoms with Crippen LogP contribution in [0.4, 0.5) is 5.00 Å². The molecule has 1 amide bonds. The van der Waals surface area contributed by atoms with Gasteiger partial charge in [-0.1, -0.05) is 72.8 Å². The lowest BCUT2D eigenvalue weighted by Gasteiger charge is -2.17. The first kappa shape index (κ1) is 17.3. The van der Waals surface area contributed by atoms with E-state index >= 15 is 0 Å². The predicted octanol–water partition coefficient (Wildman–Crippen LogP) is 3.75. The number of hydrogen-bond donors (Lipinski definition) is 1. The molecule has 1 heterocycles. The quantitative estimate of drug-likeness (QED) is 0.760. The number of amides is 1. The van der Waals surface area contributed by atoms with Gasteiger partial charge in [-0.2, -0.15) is 5.26 Å². The van der Waals surface area contributed by atoms with Crippen LogP contribution in [0.3, 0.4) is 0 Å². The molecule has 0 aliphatic heterocycles. The van der Waals surface area contributed by atoms with Gasteiger partial charge in [0.15, 0.2) is 0 Å². The summed E-state index contributed by atoms with van der Waals surface area (Å²) >= 11 is 1.48. The summed E-state index contributed by atoms with van der Waals surface area (Å²) in [5.41, 5.74) is 2.43. The maximum atomic E-state index is 13.3. The monoisotopic (exact) mass is 370 g/mol. The van der Waals surface area contributed by atoms with Gasteiger partial charge >= 0.3 is 0 Å². The van der Waals surface area contributed by atoms with Crippen molar-refractivity contribution in [2.75, 3.05) is 5.32 Å². The highest BCUT2D eigenvalue weighted by molar-refractivity contribution is 7.14. The molecule has 4 rings (SSSR count). The molecule has 27 heavy (non-hydrogen) atoms. The van der Waals surface area contributed by atoms with E-state index in [1.165, 1.54) is 11.3 Å². The van der Waals surface area contributed by atoms with Crippen LogP contribution in [0.2, 0.25) is 0 Å². The molecule has 0 bridgehead atoms. The third-order valence-corrected chi connectivity index (χ3v) is 5.81. The van der Waals surface area contributed by atoms with E-state index in [1.807, 2.05) is 60.7 Å². The molecule has 1 aromatic heterocycles. The van der Waals surface area contributed by atoms with E-state index in [0.717, 1.165) is 33.7 Å². The van der Waals surface area contributed by atoms with E-state index in [1.54, 1.807) is 0 Å². The van der Waals surface area contributed by atoms with Crippen molar-refractivity contribution in [1.29, 1.82) is 5.26 Å². The predicted molar refractivity (Wildman–Crippen MR) is 110 cm³/mol. The highest BCUT2D eigenvalue weighted by Crippen LogP contribution is 2.27. The first-order valence-electron chi connectivity index (χ1n) is 8.92. The van der Waals surface area contributed by atoms with E-state index in [2.05, 4.69) is 23.5 Å². The van der Waals surface area contributed by atoms with Crippen LogP contribution in [0.25, 0.3) is 12.2 Å². The first-order chi connectivity index (χ1) is 13.3. The number of anilines is 1. The second kappa shape index (κ2) is 7.61. The summed E-state index contributed by atoms with van der Waals surface area (Å²) in [4.78, 5) is 13.3. The zero-order valence-electron chi connectivity index (χ0n) is 14.7. The molecule has 0 saturated carbocycles. The Labute approximate surface area is 161 Å². The smallest absolute Gasteiger partial charge is 0.237 e. The van der Waals surface area contributed by atoms with Gasteiger partial charge in [0.05, 0.1) is 11.5 Å². The summed E-state index contributed by atoms with van der Waals surface area (Å²) in [6.45, 7) is 0. The van der Waals surface area contributed by atoms with Crippen molar-refractivity contribution in [2.45, 2.75) is 18.8 Å². The molecule has 1 aliphatic carbocycles. The third-order valence-electron chi connectivity index (χ3n) is 4.70. The summed E-state index contributed by atoms with van der Waals surface area (Å²) < 4.78 is 1.07. The fourth-order valence-corrected chi connectivity index (χ4v) is 4.55. The van der Waals surface area contributed by atoms with Gasteiger partial charge in [-0.05, 0) is 24.0 Å². The fourth-order valence-electron chi connectivity index (χ4n) is 3.43. The number of rotatable bonds is 4. The summed E-state index contributed by atoms with van der Waals surface area (Å²) in [5.74, 6) is -0.548. The lowest BCUT2D eigenvalue weighted by Crippen LogP contribution is -2.24. The van der Waals surface area contributed by atoms with Gasteiger partial charge in [-0.15, -0.1) is 11.3 Å². The number of hydrogen-bond acceptors (Lipinski definition) is 3. The molecule has 0 unspecified atom stereocenters. The number of fused-ring (bicyclic) bond motifs is 1. The fraction of sp³-hybridized carbons (Fsp3) is 0.130. The molecule has 3 nitrogen and oxygen atoms in total. The number of nitrogens with one attached hydrogen (secondary N) is 1. The van der Waals surface area contributed by atoms with Gasteiger partial charge in [-0.3, -0.25) is 4.79 Å². The minimum absolute atomic E-state index is 0.123. The van der Waals surface area contributed by atoms with Gasteiger partial charge in [0.25, 0.3) is 0 Å². The van der Waals surface area contributed by atoms with Gasteiger partial charge in [0, 0.05) is 9.75 Å². The molecule has 0 spiro atoms. The number of nitriles is 1. The average Bonchev–Trinajstić information content (AvgIpc) is 3.06. The van der Waals surface area contributed by atoms with Gasteiger partial charge in [-0.25, -0.2) is 0 Å². The maximum Gasteiger partial charge on any atom is 0.237 e. The van der Waals surface area contributed by atoms with Gasteiger partial charge in [0.1, 0.15) is 11.1 Å². The molecule has 0 saturated heterocycles. The van der Waals surface area contributed by atoms with E-state index in [4.69, 9.17) is 0 Å². The molecule has 4 heteroatoms. The highest BCUT2D eigenvalue weighted by atomic mass is 32.1. The van der Waals surface area contributed by atoms with Crippen LogP contribution in [0.1, 0.15) is 35.4 Å². The molecular formula is C23H18N2OS. The molecule has 1 aliphatic rings.